The number of amides is 1. The number of benzene rings is 1. The number of nitrogens with two attached hydrogens (primary N) is 1. The molecule has 3 N–H and O–H groups in total. The molecule has 0 fully saturated rings. The van der Waals surface area contributed by atoms with Crippen LogP contribution in [0.25, 0.3) is 0 Å². The molecule has 0 bridgehead atoms. The molecule has 0 radical (unpaired) electrons. The molecule has 106 valence electrons. The van der Waals surface area contributed by atoms with Crippen molar-refractivity contribution in [2.24, 2.45) is 5.73 Å². The lowest BCUT2D eigenvalue weighted by Crippen LogP contribution is -2.20. The Morgan fingerprint density at radius 3 is 2.65 bits per heavy atom. The predicted octanol–water partition coefficient (Wildman–Crippen LogP) is 1.21. The van der Waals surface area contributed by atoms with Gasteiger partial charge in [0.15, 0.2) is 0 Å². The van der Waals surface area contributed by atoms with Crippen LogP contribution >= 0.6 is 0 Å². The van der Waals surface area contributed by atoms with E-state index in [4.69, 9.17) is 5.73 Å². The van der Waals surface area contributed by atoms with Crippen LogP contribution in [-0.2, 0) is 11.3 Å². The fourth-order valence-corrected chi connectivity index (χ4v) is 1.54. The molecule has 0 saturated carbocycles. The number of carbonyl (C=O) groups excluding carboxylic acids is 1. The van der Waals surface area contributed by atoms with E-state index in [1.165, 1.54) is 16.9 Å². The SMILES string of the molecule is CC(N)c1cn(CC(=O)Nc2c(F)cccc2F)nn1. The fraction of sp³-hybridized carbons (Fsp3) is 0.250. The average molecular weight is 281 g/mol. The predicted molar refractivity (Wildman–Crippen MR) is 67.6 cm³/mol. The maximum Gasteiger partial charge on any atom is 0.246 e. The lowest BCUT2D eigenvalue weighted by molar-refractivity contribution is -0.117. The number of hydrogen-bond donors (Lipinski definition) is 2. The van der Waals surface area contributed by atoms with E-state index in [1.54, 1.807) is 6.92 Å². The van der Waals surface area contributed by atoms with Crippen molar-refractivity contribution in [2.75, 3.05) is 5.32 Å². The van der Waals surface area contributed by atoms with Gasteiger partial charge in [-0.1, -0.05) is 11.3 Å². The molecule has 1 aromatic carbocycles. The summed E-state index contributed by atoms with van der Waals surface area (Å²) in [5.74, 6) is -2.29. The zero-order valence-corrected chi connectivity index (χ0v) is 10.7. The standard InChI is InChI=1S/C12H13F2N5O/c1-7(15)10-5-19(18-17-10)6-11(20)16-12-8(13)3-2-4-9(12)14/h2-5,7H,6,15H2,1H3,(H,16,20). The zero-order valence-electron chi connectivity index (χ0n) is 10.7. The highest BCUT2D eigenvalue weighted by Gasteiger charge is 2.13. The number of halogens is 2. The minimum absolute atomic E-state index is 0.215. The van der Waals surface area contributed by atoms with Gasteiger partial charge in [0.1, 0.15) is 23.9 Å². The third-order valence-corrected chi connectivity index (χ3v) is 2.56. The van der Waals surface area contributed by atoms with Gasteiger partial charge >= 0.3 is 0 Å². The first-order valence-corrected chi connectivity index (χ1v) is 5.87. The van der Waals surface area contributed by atoms with Gasteiger partial charge in [0.2, 0.25) is 5.91 Å². The molecule has 6 nitrogen and oxygen atoms in total. The number of nitrogens with zero attached hydrogens (tertiary/aromatic N) is 3. The van der Waals surface area contributed by atoms with Gasteiger partial charge in [0.05, 0.1) is 11.9 Å². The van der Waals surface area contributed by atoms with Gasteiger partial charge in [-0.15, -0.1) is 5.10 Å². The van der Waals surface area contributed by atoms with Crippen molar-refractivity contribution in [3.05, 3.63) is 41.7 Å². The molecule has 0 aliphatic heterocycles. The summed E-state index contributed by atoms with van der Waals surface area (Å²) in [6, 6.07) is 3.02. The molecule has 1 heterocycles. The van der Waals surface area contributed by atoms with Crippen LogP contribution in [-0.4, -0.2) is 20.9 Å². The number of carbonyl (C=O) groups is 1. The van der Waals surface area contributed by atoms with Crippen molar-refractivity contribution in [3.63, 3.8) is 0 Å². The van der Waals surface area contributed by atoms with Crippen molar-refractivity contribution in [2.45, 2.75) is 19.5 Å². The van der Waals surface area contributed by atoms with Gasteiger partial charge in [-0.25, -0.2) is 13.5 Å². The first-order valence-electron chi connectivity index (χ1n) is 5.87. The first-order chi connectivity index (χ1) is 9.47. The summed E-state index contributed by atoms with van der Waals surface area (Å²) in [7, 11) is 0. The van der Waals surface area contributed by atoms with Crippen molar-refractivity contribution in [3.8, 4) is 0 Å². The highest BCUT2D eigenvalue weighted by atomic mass is 19.1. The van der Waals surface area contributed by atoms with Gasteiger partial charge in [0, 0.05) is 6.04 Å². The normalized spacial score (nSPS) is 12.2. The third-order valence-electron chi connectivity index (χ3n) is 2.56. The largest absolute Gasteiger partial charge is 0.323 e. The van der Waals surface area contributed by atoms with Crippen molar-refractivity contribution in [1.29, 1.82) is 0 Å². The molecule has 1 unspecified atom stereocenters. The van der Waals surface area contributed by atoms with E-state index in [1.807, 2.05) is 0 Å². The van der Waals surface area contributed by atoms with Gasteiger partial charge in [-0.3, -0.25) is 4.79 Å². The molecule has 1 amide bonds. The second-order valence-corrected chi connectivity index (χ2v) is 4.27. The van der Waals surface area contributed by atoms with E-state index >= 15 is 0 Å². The molecule has 2 aromatic rings. The Kier molecular flexibility index (Phi) is 4.04. The highest BCUT2D eigenvalue weighted by molar-refractivity contribution is 5.90. The molecular formula is C12H13F2N5O. The minimum Gasteiger partial charge on any atom is -0.323 e. The zero-order chi connectivity index (χ0) is 14.7. The number of aromatic nitrogens is 3. The number of nitrogens with one attached hydrogen (secondary N) is 1. The number of rotatable bonds is 4. The van der Waals surface area contributed by atoms with Crippen LogP contribution in [0.3, 0.4) is 0 Å². The van der Waals surface area contributed by atoms with Crippen molar-refractivity contribution in [1.82, 2.24) is 15.0 Å². The molecule has 1 atom stereocenters. The van der Waals surface area contributed by atoms with Crippen LogP contribution in [0.1, 0.15) is 18.7 Å². The third kappa shape index (κ3) is 3.15. The van der Waals surface area contributed by atoms with Gasteiger partial charge in [0.25, 0.3) is 0 Å². The van der Waals surface area contributed by atoms with E-state index in [9.17, 15) is 13.6 Å². The number of hydrogen-bond acceptors (Lipinski definition) is 4. The number of para-hydroxylation sites is 1. The van der Waals surface area contributed by atoms with E-state index in [-0.39, 0.29) is 12.6 Å². The number of anilines is 1. The Morgan fingerprint density at radius 2 is 2.10 bits per heavy atom. The fourth-order valence-electron chi connectivity index (χ4n) is 1.54. The second-order valence-electron chi connectivity index (χ2n) is 4.27. The quantitative estimate of drug-likeness (QED) is 0.882. The van der Waals surface area contributed by atoms with E-state index in [0.717, 1.165) is 12.1 Å². The lowest BCUT2D eigenvalue weighted by Gasteiger charge is -2.07. The van der Waals surface area contributed by atoms with Gasteiger partial charge in [-0.05, 0) is 19.1 Å². The minimum atomic E-state index is -0.840. The average Bonchev–Trinajstić information content (AvgIpc) is 2.82. The molecule has 0 aliphatic rings. The van der Waals surface area contributed by atoms with Crippen LogP contribution < -0.4 is 11.1 Å². The molecule has 2 rings (SSSR count). The summed E-state index contributed by atoms with van der Waals surface area (Å²) in [6.45, 7) is 1.51. The van der Waals surface area contributed by atoms with Crippen molar-refractivity contribution >= 4 is 11.6 Å². The Labute approximate surface area is 113 Å². The summed E-state index contributed by atoms with van der Waals surface area (Å²) < 4.78 is 27.9. The van der Waals surface area contributed by atoms with Gasteiger partial charge < -0.3 is 11.1 Å². The van der Waals surface area contributed by atoms with Crippen LogP contribution in [0.2, 0.25) is 0 Å². The first kappa shape index (κ1) is 14.1. The second kappa shape index (κ2) is 5.74. The molecule has 1 aromatic heterocycles. The monoisotopic (exact) mass is 281 g/mol. The van der Waals surface area contributed by atoms with Crippen LogP contribution in [0.15, 0.2) is 24.4 Å². The summed E-state index contributed by atoms with van der Waals surface area (Å²) >= 11 is 0. The van der Waals surface area contributed by atoms with Crippen molar-refractivity contribution < 1.29 is 13.6 Å². The topological polar surface area (TPSA) is 85.8 Å². The maximum atomic E-state index is 13.4. The maximum absolute atomic E-state index is 13.4. The molecule has 0 spiro atoms. The molecular weight excluding hydrogens is 268 g/mol. The molecule has 0 aliphatic carbocycles. The Bertz CT molecular complexity index is 606. The summed E-state index contributed by atoms with van der Waals surface area (Å²) in [6.07, 6.45) is 1.50. The van der Waals surface area contributed by atoms with Crippen LogP contribution in [0.4, 0.5) is 14.5 Å². The summed E-state index contributed by atoms with van der Waals surface area (Å²) in [5.41, 5.74) is 5.65. The molecule has 8 heteroatoms. The van der Waals surface area contributed by atoms with Crippen LogP contribution in [0, 0.1) is 11.6 Å². The molecule has 20 heavy (non-hydrogen) atoms. The highest BCUT2D eigenvalue weighted by Crippen LogP contribution is 2.17. The summed E-state index contributed by atoms with van der Waals surface area (Å²) in [4.78, 5) is 11.7. The Balaban J connectivity index is 2.05. The van der Waals surface area contributed by atoms with Crippen LogP contribution in [0.5, 0.6) is 0 Å². The lowest BCUT2D eigenvalue weighted by atomic mass is 10.3. The van der Waals surface area contributed by atoms with E-state index in [0.29, 0.717) is 5.69 Å². The van der Waals surface area contributed by atoms with Gasteiger partial charge in [-0.2, -0.15) is 0 Å². The van der Waals surface area contributed by atoms with E-state index in [2.05, 4.69) is 15.6 Å². The van der Waals surface area contributed by atoms with E-state index < -0.39 is 23.2 Å². The summed E-state index contributed by atoms with van der Waals surface area (Å²) in [5, 5.41) is 9.63. The molecule has 0 saturated heterocycles. The Hall–Kier alpha value is -2.35. The Morgan fingerprint density at radius 1 is 1.45 bits per heavy atom. The smallest absolute Gasteiger partial charge is 0.246 e.